The van der Waals surface area contributed by atoms with E-state index < -0.39 is 0 Å². The summed E-state index contributed by atoms with van der Waals surface area (Å²) >= 11 is 0. The number of nitrogens with zero attached hydrogens (tertiary/aromatic N) is 3. The van der Waals surface area contributed by atoms with Crippen molar-refractivity contribution in [3.8, 4) is 0 Å². The van der Waals surface area contributed by atoms with Gasteiger partial charge in [-0.15, -0.1) is 0 Å². The highest BCUT2D eigenvalue weighted by Gasteiger charge is 2.25. The molecule has 1 saturated heterocycles. The highest BCUT2D eigenvalue weighted by Crippen LogP contribution is 2.22. The third-order valence-electron chi connectivity index (χ3n) is 4.21. The van der Waals surface area contributed by atoms with E-state index in [0.717, 1.165) is 43.7 Å². The molecule has 1 N–H and O–H groups in total. The summed E-state index contributed by atoms with van der Waals surface area (Å²) < 4.78 is 7.37. The van der Waals surface area contributed by atoms with Gasteiger partial charge in [-0.1, -0.05) is 0 Å². The van der Waals surface area contributed by atoms with Gasteiger partial charge in [0.05, 0.1) is 5.69 Å². The van der Waals surface area contributed by atoms with Crippen LogP contribution in [0.25, 0.3) is 0 Å². The molecule has 5 heteroatoms. The molecule has 1 unspecified atom stereocenters. The van der Waals surface area contributed by atoms with Gasteiger partial charge < -0.3 is 19.5 Å². The molecule has 1 aromatic heterocycles. The molecule has 1 fully saturated rings. The van der Waals surface area contributed by atoms with E-state index in [4.69, 9.17) is 4.74 Å². The molecule has 0 spiro atoms. The van der Waals surface area contributed by atoms with Crippen LogP contribution < -0.4 is 5.32 Å². The second kappa shape index (κ2) is 7.80. The molecule has 0 amide bonds. The molecule has 2 heterocycles. The van der Waals surface area contributed by atoms with Gasteiger partial charge in [-0.2, -0.15) is 0 Å². The molecule has 21 heavy (non-hydrogen) atoms. The maximum atomic E-state index is 5.08. The normalized spacial score (nSPS) is 19.6. The van der Waals surface area contributed by atoms with Gasteiger partial charge in [-0.3, -0.25) is 0 Å². The fourth-order valence-electron chi connectivity index (χ4n) is 3.00. The maximum absolute atomic E-state index is 5.08. The van der Waals surface area contributed by atoms with Gasteiger partial charge in [0, 0.05) is 45.6 Å². The van der Waals surface area contributed by atoms with Crippen LogP contribution in [-0.4, -0.2) is 53.8 Å². The maximum Gasteiger partial charge on any atom is 0.203 e. The number of anilines is 1. The zero-order chi connectivity index (χ0) is 15.2. The van der Waals surface area contributed by atoms with Crippen molar-refractivity contribution in [3.63, 3.8) is 0 Å². The smallest absolute Gasteiger partial charge is 0.203 e. The standard InChI is InChI=1S/C16H30N4O/c1-13(2)19-8-6-15(11-19)12-20-10-14(3)18-16(20)17-7-5-9-21-4/h10,13,15H,5-9,11-12H2,1-4H3,(H,17,18). The summed E-state index contributed by atoms with van der Waals surface area (Å²) in [6, 6.07) is 0.658. The monoisotopic (exact) mass is 294 g/mol. The number of aryl methyl sites for hydroxylation is 1. The van der Waals surface area contributed by atoms with Crippen molar-refractivity contribution >= 4 is 5.95 Å². The highest BCUT2D eigenvalue weighted by atomic mass is 16.5. The molecular formula is C16H30N4O. The van der Waals surface area contributed by atoms with Crippen molar-refractivity contribution in [2.24, 2.45) is 5.92 Å². The van der Waals surface area contributed by atoms with E-state index in [9.17, 15) is 0 Å². The van der Waals surface area contributed by atoms with Gasteiger partial charge in [-0.25, -0.2) is 4.98 Å². The molecule has 1 aromatic rings. The van der Waals surface area contributed by atoms with E-state index in [1.54, 1.807) is 7.11 Å². The molecule has 5 nitrogen and oxygen atoms in total. The lowest BCUT2D eigenvalue weighted by atomic mass is 10.1. The van der Waals surface area contributed by atoms with Crippen LogP contribution in [0, 0.1) is 12.8 Å². The zero-order valence-corrected chi connectivity index (χ0v) is 13.9. The quantitative estimate of drug-likeness (QED) is 0.748. The van der Waals surface area contributed by atoms with Gasteiger partial charge >= 0.3 is 0 Å². The summed E-state index contributed by atoms with van der Waals surface area (Å²) in [7, 11) is 1.74. The predicted molar refractivity (Wildman–Crippen MR) is 86.8 cm³/mol. The number of likely N-dealkylation sites (tertiary alicyclic amines) is 1. The molecule has 0 radical (unpaired) electrons. The molecule has 120 valence electrons. The molecular weight excluding hydrogens is 264 g/mol. The topological polar surface area (TPSA) is 42.3 Å². The fourth-order valence-corrected chi connectivity index (χ4v) is 3.00. The van der Waals surface area contributed by atoms with Crippen LogP contribution in [0.1, 0.15) is 32.4 Å². The second-order valence-electron chi connectivity index (χ2n) is 6.37. The Balaban J connectivity index is 1.88. The minimum Gasteiger partial charge on any atom is -0.385 e. The molecule has 0 bridgehead atoms. The summed E-state index contributed by atoms with van der Waals surface area (Å²) in [6.45, 7) is 11.8. The first-order valence-electron chi connectivity index (χ1n) is 8.10. The minimum atomic E-state index is 0.658. The van der Waals surface area contributed by atoms with Crippen LogP contribution >= 0.6 is 0 Å². The van der Waals surface area contributed by atoms with E-state index >= 15 is 0 Å². The summed E-state index contributed by atoms with van der Waals surface area (Å²) in [6.07, 6.45) is 4.46. The van der Waals surface area contributed by atoms with Crippen LogP contribution in [0.3, 0.4) is 0 Å². The van der Waals surface area contributed by atoms with E-state index in [1.165, 1.54) is 19.5 Å². The van der Waals surface area contributed by atoms with Gasteiger partial charge in [-0.05, 0) is 46.1 Å². The largest absolute Gasteiger partial charge is 0.385 e. The number of imidazole rings is 1. The SMILES string of the molecule is COCCCNc1nc(C)cn1CC1CCN(C(C)C)C1. The number of ether oxygens (including phenoxy) is 1. The lowest BCUT2D eigenvalue weighted by Gasteiger charge is -2.20. The molecule has 1 aliphatic heterocycles. The summed E-state index contributed by atoms with van der Waals surface area (Å²) in [5.41, 5.74) is 1.09. The Bertz CT molecular complexity index is 430. The number of methoxy groups -OCH3 is 1. The molecule has 0 saturated carbocycles. The van der Waals surface area contributed by atoms with Crippen LogP contribution in [0.2, 0.25) is 0 Å². The number of nitrogens with one attached hydrogen (secondary N) is 1. The molecule has 0 aromatic carbocycles. The molecule has 1 aliphatic rings. The van der Waals surface area contributed by atoms with E-state index in [-0.39, 0.29) is 0 Å². The average Bonchev–Trinajstić information content (AvgIpc) is 3.03. The van der Waals surface area contributed by atoms with Crippen LogP contribution in [0.5, 0.6) is 0 Å². The number of rotatable bonds is 8. The molecule has 0 aliphatic carbocycles. The number of aromatic nitrogens is 2. The molecule has 1 atom stereocenters. The van der Waals surface area contributed by atoms with Crippen LogP contribution in [0.15, 0.2) is 6.20 Å². The number of hydrogen-bond donors (Lipinski definition) is 1. The first kappa shape index (κ1) is 16.3. The Kier molecular flexibility index (Phi) is 6.06. The molecule has 2 rings (SSSR count). The van der Waals surface area contributed by atoms with Crippen LogP contribution in [-0.2, 0) is 11.3 Å². The predicted octanol–water partition coefficient (Wildman–Crippen LogP) is 2.37. The van der Waals surface area contributed by atoms with Crippen molar-refractivity contribution in [2.45, 2.75) is 46.2 Å². The lowest BCUT2D eigenvalue weighted by molar-refractivity contribution is 0.197. The Labute approximate surface area is 128 Å². The summed E-state index contributed by atoms with van der Waals surface area (Å²) in [5, 5.41) is 3.44. The van der Waals surface area contributed by atoms with Crippen molar-refractivity contribution in [1.29, 1.82) is 0 Å². The average molecular weight is 294 g/mol. The van der Waals surface area contributed by atoms with E-state index in [1.807, 2.05) is 0 Å². The van der Waals surface area contributed by atoms with Crippen molar-refractivity contribution in [3.05, 3.63) is 11.9 Å². The van der Waals surface area contributed by atoms with Gasteiger partial charge in [0.15, 0.2) is 0 Å². The Morgan fingerprint density at radius 1 is 1.48 bits per heavy atom. The van der Waals surface area contributed by atoms with Crippen molar-refractivity contribution < 1.29 is 4.74 Å². The van der Waals surface area contributed by atoms with Gasteiger partial charge in [0.2, 0.25) is 5.95 Å². The summed E-state index contributed by atoms with van der Waals surface area (Å²) in [5.74, 6) is 1.74. The third kappa shape index (κ3) is 4.71. The Morgan fingerprint density at radius 2 is 2.29 bits per heavy atom. The summed E-state index contributed by atoms with van der Waals surface area (Å²) in [4.78, 5) is 7.17. The van der Waals surface area contributed by atoms with E-state index in [2.05, 4.69) is 46.7 Å². The highest BCUT2D eigenvalue weighted by molar-refractivity contribution is 5.28. The first-order chi connectivity index (χ1) is 10.1. The van der Waals surface area contributed by atoms with Crippen LogP contribution in [0.4, 0.5) is 5.95 Å². The number of hydrogen-bond acceptors (Lipinski definition) is 4. The zero-order valence-electron chi connectivity index (χ0n) is 13.9. The Morgan fingerprint density at radius 3 is 2.95 bits per heavy atom. The minimum absolute atomic E-state index is 0.658. The Hall–Kier alpha value is -1.07. The lowest BCUT2D eigenvalue weighted by Crippen LogP contribution is -2.28. The van der Waals surface area contributed by atoms with Crippen molar-refractivity contribution in [1.82, 2.24) is 14.5 Å². The first-order valence-corrected chi connectivity index (χ1v) is 8.10. The van der Waals surface area contributed by atoms with E-state index in [0.29, 0.717) is 6.04 Å². The van der Waals surface area contributed by atoms with Crippen molar-refractivity contribution in [2.75, 3.05) is 38.7 Å². The fraction of sp³-hybridized carbons (Fsp3) is 0.812. The van der Waals surface area contributed by atoms with Gasteiger partial charge in [0.1, 0.15) is 0 Å². The third-order valence-corrected chi connectivity index (χ3v) is 4.21. The second-order valence-corrected chi connectivity index (χ2v) is 6.37. The van der Waals surface area contributed by atoms with Gasteiger partial charge in [0.25, 0.3) is 0 Å².